The van der Waals surface area contributed by atoms with Crippen molar-refractivity contribution >= 4 is 29.9 Å². The molecule has 0 bridgehead atoms. The van der Waals surface area contributed by atoms with Crippen molar-refractivity contribution in [2.24, 2.45) is 4.99 Å². The van der Waals surface area contributed by atoms with Gasteiger partial charge in [-0.1, -0.05) is 12.5 Å². The second-order valence-corrected chi connectivity index (χ2v) is 6.08. The van der Waals surface area contributed by atoms with Crippen LogP contribution in [0.4, 0.5) is 8.78 Å². The minimum absolute atomic E-state index is 0. The highest BCUT2D eigenvalue weighted by Crippen LogP contribution is 2.09. The van der Waals surface area contributed by atoms with Crippen LogP contribution in [0, 0.1) is 11.6 Å². The Labute approximate surface area is 166 Å². The third-order valence-electron chi connectivity index (χ3n) is 4.18. The fourth-order valence-corrected chi connectivity index (χ4v) is 2.87. The second kappa shape index (κ2) is 12.4. The zero-order valence-electron chi connectivity index (χ0n) is 14.9. The quantitative estimate of drug-likeness (QED) is 0.369. The van der Waals surface area contributed by atoms with Gasteiger partial charge in [0.2, 0.25) is 0 Å². The molecule has 0 radical (unpaired) electrons. The third-order valence-corrected chi connectivity index (χ3v) is 4.18. The largest absolute Gasteiger partial charge is 0.357 e. The van der Waals surface area contributed by atoms with E-state index in [1.54, 1.807) is 0 Å². The molecule has 0 spiro atoms. The third kappa shape index (κ3) is 8.31. The predicted octanol–water partition coefficient (Wildman–Crippen LogP) is 3.17. The molecule has 1 saturated heterocycles. The van der Waals surface area contributed by atoms with Gasteiger partial charge in [-0.2, -0.15) is 0 Å². The van der Waals surface area contributed by atoms with Crippen molar-refractivity contribution in [2.45, 2.75) is 32.6 Å². The normalized spacial score (nSPS) is 15.6. The molecule has 0 atom stereocenters. The van der Waals surface area contributed by atoms with Crippen molar-refractivity contribution < 1.29 is 8.78 Å². The number of nitrogens with one attached hydrogen (secondary N) is 2. The van der Waals surface area contributed by atoms with Gasteiger partial charge in [0.15, 0.2) is 5.96 Å². The summed E-state index contributed by atoms with van der Waals surface area (Å²) in [5.74, 6) is -0.294. The van der Waals surface area contributed by atoms with E-state index in [9.17, 15) is 8.78 Å². The van der Waals surface area contributed by atoms with Crippen LogP contribution >= 0.6 is 24.0 Å². The molecule has 0 unspecified atom stereocenters. The highest BCUT2D eigenvalue weighted by atomic mass is 127. The molecule has 0 aromatic heterocycles. The van der Waals surface area contributed by atoms with E-state index in [0.29, 0.717) is 18.5 Å². The maximum atomic E-state index is 13.6. The van der Waals surface area contributed by atoms with Crippen LogP contribution in [0.15, 0.2) is 23.2 Å². The molecule has 1 heterocycles. The number of hydrogen-bond donors (Lipinski definition) is 2. The van der Waals surface area contributed by atoms with Crippen molar-refractivity contribution in [3.63, 3.8) is 0 Å². The van der Waals surface area contributed by atoms with Crippen molar-refractivity contribution in [3.05, 3.63) is 35.4 Å². The molecule has 1 aromatic rings. The fourth-order valence-electron chi connectivity index (χ4n) is 2.87. The van der Waals surface area contributed by atoms with E-state index in [1.807, 2.05) is 6.92 Å². The Balaban J connectivity index is 0.00000312. The lowest BCUT2D eigenvalue weighted by Crippen LogP contribution is -2.39. The molecule has 142 valence electrons. The summed E-state index contributed by atoms with van der Waals surface area (Å²) < 4.78 is 26.5. The number of nitrogens with zero attached hydrogens (tertiary/aromatic N) is 2. The Kier molecular flexibility index (Phi) is 11.0. The standard InChI is InChI=1S/C18H28F2N4.HI/c1-2-21-18(23-10-13-24-11-4-3-5-12-24)22-9-8-15-6-7-16(19)14-17(15)20;/h6-7,14H,2-5,8-13H2,1H3,(H2,21,22,23);1H. The molecular weight excluding hydrogens is 437 g/mol. The first kappa shape index (κ1) is 22.1. The number of piperidine rings is 1. The molecule has 25 heavy (non-hydrogen) atoms. The molecule has 1 fully saturated rings. The lowest BCUT2D eigenvalue weighted by atomic mass is 10.1. The van der Waals surface area contributed by atoms with E-state index in [4.69, 9.17) is 0 Å². The number of benzene rings is 1. The van der Waals surface area contributed by atoms with E-state index in [-0.39, 0.29) is 24.0 Å². The highest BCUT2D eigenvalue weighted by molar-refractivity contribution is 14.0. The number of hydrogen-bond acceptors (Lipinski definition) is 2. The van der Waals surface area contributed by atoms with Gasteiger partial charge < -0.3 is 15.5 Å². The van der Waals surface area contributed by atoms with Gasteiger partial charge in [0.05, 0.1) is 6.54 Å². The first-order valence-corrected chi connectivity index (χ1v) is 8.87. The fraction of sp³-hybridized carbons (Fsp3) is 0.611. The zero-order chi connectivity index (χ0) is 17.2. The maximum absolute atomic E-state index is 13.6. The van der Waals surface area contributed by atoms with Gasteiger partial charge in [0.25, 0.3) is 0 Å². The Bertz CT molecular complexity index is 534. The first-order chi connectivity index (χ1) is 11.7. The van der Waals surface area contributed by atoms with Gasteiger partial charge in [-0.15, -0.1) is 24.0 Å². The van der Waals surface area contributed by atoms with Crippen molar-refractivity contribution in [1.29, 1.82) is 0 Å². The summed E-state index contributed by atoms with van der Waals surface area (Å²) in [6.45, 7) is 7.41. The van der Waals surface area contributed by atoms with Crippen molar-refractivity contribution in [2.75, 3.05) is 39.3 Å². The number of halogens is 3. The van der Waals surface area contributed by atoms with Gasteiger partial charge in [0, 0.05) is 25.7 Å². The molecule has 2 N–H and O–H groups in total. The van der Waals surface area contributed by atoms with Crippen LogP contribution in [0.1, 0.15) is 31.7 Å². The number of likely N-dealkylation sites (tertiary alicyclic amines) is 1. The number of guanidine groups is 1. The van der Waals surface area contributed by atoms with Crippen LogP contribution < -0.4 is 10.6 Å². The van der Waals surface area contributed by atoms with E-state index >= 15 is 0 Å². The first-order valence-electron chi connectivity index (χ1n) is 8.87. The Morgan fingerprint density at radius 3 is 2.60 bits per heavy atom. The lowest BCUT2D eigenvalue weighted by Gasteiger charge is -2.25. The van der Waals surface area contributed by atoms with E-state index in [1.165, 1.54) is 44.5 Å². The van der Waals surface area contributed by atoms with Crippen LogP contribution in [0.3, 0.4) is 0 Å². The van der Waals surface area contributed by atoms with Crippen LogP contribution in [0.5, 0.6) is 0 Å². The lowest BCUT2D eigenvalue weighted by molar-refractivity contribution is 0.235. The molecule has 0 saturated carbocycles. The average Bonchev–Trinajstić information content (AvgIpc) is 2.58. The summed E-state index contributed by atoms with van der Waals surface area (Å²) >= 11 is 0. The Hall–Kier alpha value is -0.960. The zero-order valence-corrected chi connectivity index (χ0v) is 17.2. The minimum Gasteiger partial charge on any atom is -0.357 e. The average molecular weight is 466 g/mol. The van der Waals surface area contributed by atoms with Crippen LogP contribution in [0.25, 0.3) is 0 Å². The predicted molar refractivity (Wildman–Crippen MR) is 110 cm³/mol. The van der Waals surface area contributed by atoms with E-state index in [2.05, 4.69) is 20.5 Å². The maximum Gasteiger partial charge on any atom is 0.191 e. The minimum atomic E-state index is -0.545. The highest BCUT2D eigenvalue weighted by Gasteiger charge is 2.09. The molecular formula is C18H29F2IN4. The summed E-state index contributed by atoms with van der Waals surface area (Å²) in [7, 11) is 0. The molecule has 2 rings (SSSR count). The van der Waals surface area contributed by atoms with Gasteiger partial charge in [0.1, 0.15) is 11.6 Å². The summed E-state index contributed by atoms with van der Waals surface area (Å²) in [5, 5.41) is 6.41. The molecule has 1 aliphatic rings. The van der Waals surface area contributed by atoms with Crippen LogP contribution in [-0.2, 0) is 6.42 Å². The molecule has 1 aromatic carbocycles. The summed E-state index contributed by atoms with van der Waals surface area (Å²) in [4.78, 5) is 7.02. The molecule has 7 heteroatoms. The summed E-state index contributed by atoms with van der Waals surface area (Å²) in [6, 6.07) is 3.70. The smallest absolute Gasteiger partial charge is 0.191 e. The molecule has 0 aliphatic carbocycles. The second-order valence-electron chi connectivity index (χ2n) is 6.08. The Morgan fingerprint density at radius 1 is 1.16 bits per heavy atom. The van der Waals surface area contributed by atoms with Gasteiger partial charge in [-0.05, 0) is 50.9 Å². The summed E-state index contributed by atoms with van der Waals surface area (Å²) in [5.41, 5.74) is 0.507. The summed E-state index contributed by atoms with van der Waals surface area (Å²) in [6.07, 6.45) is 4.39. The topological polar surface area (TPSA) is 39.7 Å². The monoisotopic (exact) mass is 466 g/mol. The SMILES string of the molecule is CCNC(=NCCN1CCCCC1)NCCc1ccc(F)cc1F.I. The van der Waals surface area contributed by atoms with Crippen molar-refractivity contribution in [3.8, 4) is 0 Å². The number of rotatable bonds is 7. The molecule has 0 amide bonds. The van der Waals surface area contributed by atoms with E-state index in [0.717, 1.165) is 31.7 Å². The van der Waals surface area contributed by atoms with Gasteiger partial charge in [-0.25, -0.2) is 8.78 Å². The van der Waals surface area contributed by atoms with Gasteiger partial charge in [-0.3, -0.25) is 4.99 Å². The van der Waals surface area contributed by atoms with Crippen LogP contribution in [-0.4, -0.2) is 50.1 Å². The molecule has 1 aliphatic heterocycles. The number of aliphatic imine (C=N–C) groups is 1. The Morgan fingerprint density at radius 2 is 1.92 bits per heavy atom. The van der Waals surface area contributed by atoms with Gasteiger partial charge >= 0.3 is 0 Å². The van der Waals surface area contributed by atoms with Crippen molar-refractivity contribution in [1.82, 2.24) is 15.5 Å². The van der Waals surface area contributed by atoms with E-state index < -0.39 is 11.6 Å². The van der Waals surface area contributed by atoms with Crippen LogP contribution in [0.2, 0.25) is 0 Å². The molecule has 4 nitrogen and oxygen atoms in total.